The van der Waals surface area contributed by atoms with Crippen molar-refractivity contribution in [2.24, 2.45) is 0 Å². The van der Waals surface area contributed by atoms with Crippen LogP contribution >= 0.6 is 0 Å². The number of carbonyl (C=O) groups is 1. The lowest BCUT2D eigenvalue weighted by Gasteiger charge is -2.06. The van der Waals surface area contributed by atoms with Gasteiger partial charge in [0, 0.05) is 11.5 Å². The average Bonchev–Trinajstić information content (AvgIpc) is 3.19. The van der Waals surface area contributed by atoms with E-state index in [1.165, 1.54) is 12.1 Å². The Morgan fingerprint density at radius 3 is 2.68 bits per heavy atom. The fourth-order valence-electron chi connectivity index (χ4n) is 2.25. The first-order chi connectivity index (χ1) is 10.3. The third-order valence-corrected chi connectivity index (χ3v) is 3.43. The van der Waals surface area contributed by atoms with Crippen molar-refractivity contribution in [2.75, 3.05) is 0 Å². The van der Waals surface area contributed by atoms with Crippen molar-refractivity contribution in [2.45, 2.75) is 31.4 Å². The average molecular weight is 311 g/mol. The Morgan fingerprint density at radius 2 is 2.09 bits per heavy atom. The monoisotopic (exact) mass is 311 g/mol. The van der Waals surface area contributed by atoms with Crippen molar-refractivity contribution < 1.29 is 27.5 Å². The lowest BCUT2D eigenvalue weighted by molar-refractivity contribution is -0.138. The maximum Gasteiger partial charge on any atom is 0.416 e. The molecule has 1 heterocycles. The molecule has 1 aliphatic carbocycles. The van der Waals surface area contributed by atoms with E-state index in [0.29, 0.717) is 11.5 Å². The van der Waals surface area contributed by atoms with Gasteiger partial charge in [0.1, 0.15) is 5.76 Å². The molecule has 1 aliphatic rings. The molecule has 0 aliphatic heterocycles. The number of aromatic nitrogens is 1. The van der Waals surface area contributed by atoms with Gasteiger partial charge in [0.15, 0.2) is 0 Å². The zero-order chi connectivity index (χ0) is 15.9. The lowest BCUT2D eigenvalue weighted by Crippen LogP contribution is -2.04. The molecule has 0 spiro atoms. The normalized spacial score (nSPS) is 15.0. The van der Waals surface area contributed by atoms with Crippen LogP contribution in [0.2, 0.25) is 0 Å². The number of alkyl halides is 3. The van der Waals surface area contributed by atoms with Gasteiger partial charge >= 0.3 is 12.1 Å². The molecule has 1 aromatic carbocycles. The summed E-state index contributed by atoms with van der Waals surface area (Å²) in [6, 6.07) is 4.65. The van der Waals surface area contributed by atoms with E-state index in [1.807, 2.05) is 0 Å². The summed E-state index contributed by atoms with van der Waals surface area (Å²) in [6.07, 6.45) is -2.99. The maximum absolute atomic E-state index is 12.7. The first kappa shape index (κ1) is 14.6. The summed E-state index contributed by atoms with van der Waals surface area (Å²) in [4.78, 5) is 15.0. The summed E-state index contributed by atoms with van der Waals surface area (Å²) >= 11 is 0. The molecule has 0 radical (unpaired) electrons. The quantitative estimate of drug-likeness (QED) is 0.931. The second kappa shape index (κ2) is 5.15. The molecule has 4 nitrogen and oxygen atoms in total. The minimum Gasteiger partial charge on any atom is -0.481 e. The highest BCUT2D eigenvalue weighted by molar-refractivity contribution is 5.70. The van der Waals surface area contributed by atoms with Gasteiger partial charge in [-0.15, -0.1) is 0 Å². The van der Waals surface area contributed by atoms with Crippen LogP contribution in [0, 0.1) is 0 Å². The van der Waals surface area contributed by atoms with Gasteiger partial charge in [-0.25, -0.2) is 4.98 Å². The third-order valence-electron chi connectivity index (χ3n) is 3.43. The molecule has 3 rings (SSSR count). The molecule has 1 aromatic heterocycles. The minimum atomic E-state index is -4.45. The highest BCUT2D eigenvalue weighted by Gasteiger charge is 2.33. The van der Waals surface area contributed by atoms with Gasteiger partial charge in [0.2, 0.25) is 5.89 Å². The second-order valence-corrected chi connectivity index (χ2v) is 5.25. The standard InChI is InChI=1S/C15H12F3NO3/c16-15(17,18)10-3-1-2-9(6-10)14-19-11(7-12(20)21)13(22-14)8-4-5-8/h1-3,6,8H,4-5,7H2,(H,20,21). The number of aliphatic carboxylic acids is 1. The largest absolute Gasteiger partial charge is 0.481 e. The Bertz CT molecular complexity index is 717. The van der Waals surface area contributed by atoms with Gasteiger partial charge in [-0.05, 0) is 31.0 Å². The summed E-state index contributed by atoms with van der Waals surface area (Å²) < 4.78 is 43.8. The number of hydrogen-bond donors (Lipinski definition) is 1. The molecule has 1 N–H and O–H groups in total. The SMILES string of the molecule is O=C(O)Cc1nc(-c2cccc(C(F)(F)F)c2)oc1C1CC1. The number of nitrogens with zero attached hydrogens (tertiary/aromatic N) is 1. The van der Waals surface area contributed by atoms with Gasteiger partial charge in [-0.3, -0.25) is 4.79 Å². The number of rotatable bonds is 4. The van der Waals surface area contributed by atoms with Crippen LogP contribution in [0.1, 0.15) is 35.8 Å². The molecule has 1 fully saturated rings. The molecule has 7 heteroatoms. The van der Waals surface area contributed by atoms with E-state index < -0.39 is 17.7 Å². The Kier molecular flexibility index (Phi) is 3.42. The first-order valence-electron chi connectivity index (χ1n) is 6.73. The zero-order valence-corrected chi connectivity index (χ0v) is 11.4. The predicted molar refractivity (Wildman–Crippen MR) is 70.3 cm³/mol. The van der Waals surface area contributed by atoms with E-state index in [1.54, 1.807) is 0 Å². The van der Waals surface area contributed by atoms with E-state index >= 15 is 0 Å². The Balaban J connectivity index is 2.00. The number of oxazole rings is 1. The molecular formula is C15H12F3NO3. The molecule has 2 aromatic rings. The van der Waals surface area contributed by atoms with Crippen LogP contribution < -0.4 is 0 Å². The van der Waals surface area contributed by atoms with E-state index in [2.05, 4.69) is 4.98 Å². The number of benzene rings is 1. The summed E-state index contributed by atoms with van der Waals surface area (Å²) in [5.74, 6) is -0.411. The lowest BCUT2D eigenvalue weighted by atomic mass is 10.1. The first-order valence-corrected chi connectivity index (χ1v) is 6.73. The highest BCUT2D eigenvalue weighted by atomic mass is 19.4. The molecule has 1 saturated carbocycles. The second-order valence-electron chi connectivity index (χ2n) is 5.25. The van der Waals surface area contributed by atoms with Gasteiger partial charge in [-0.1, -0.05) is 6.07 Å². The highest BCUT2D eigenvalue weighted by Crippen LogP contribution is 2.43. The van der Waals surface area contributed by atoms with Gasteiger partial charge in [0.05, 0.1) is 17.7 Å². The summed E-state index contributed by atoms with van der Waals surface area (Å²) in [5, 5.41) is 8.89. The fraction of sp³-hybridized carbons (Fsp3) is 0.333. The molecule has 0 amide bonds. The topological polar surface area (TPSA) is 63.3 Å². The predicted octanol–water partition coefficient (Wildman–Crippen LogP) is 3.86. The number of hydrogen-bond acceptors (Lipinski definition) is 3. The van der Waals surface area contributed by atoms with Crippen molar-refractivity contribution in [1.29, 1.82) is 0 Å². The van der Waals surface area contributed by atoms with Gasteiger partial charge in [0.25, 0.3) is 0 Å². The fourth-order valence-corrected chi connectivity index (χ4v) is 2.25. The van der Waals surface area contributed by atoms with Crippen LogP contribution in [0.15, 0.2) is 28.7 Å². The Labute approximate surface area is 123 Å². The van der Waals surface area contributed by atoms with Crippen molar-refractivity contribution in [1.82, 2.24) is 4.98 Å². The number of carboxylic acid groups (broad SMARTS) is 1. The Morgan fingerprint density at radius 1 is 1.36 bits per heavy atom. The van der Waals surface area contributed by atoms with Crippen LogP contribution in [-0.2, 0) is 17.4 Å². The maximum atomic E-state index is 12.7. The van der Waals surface area contributed by atoms with Crippen LogP contribution in [0.3, 0.4) is 0 Å². The van der Waals surface area contributed by atoms with Crippen LogP contribution in [0.25, 0.3) is 11.5 Å². The third kappa shape index (κ3) is 2.98. The smallest absolute Gasteiger partial charge is 0.416 e. The van der Waals surface area contributed by atoms with E-state index in [4.69, 9.17) is 9.52 Å². The van der Waals surface area contributed by atoms with Crippen molar-refractivity contribution >= 4 is 5.97 Å². The number of halogens is 3. The molecule has 0 bridgehead atoms. The molecule has 0 saturated heterocycles. The van der Waals surface area contributed by atoms with Crippen LogP contribution in [0.4, 0.5) is 13.2 Å². The minimum absolute atomic E-state index is 0.0317. The van der Waals surface area contributed by atoms with Crippen LogP contribution in [0.5, 0.6) is 0 Å². The van der Waals surface area contributed by atoms with E-state index in [-0.39, 0.29) is 23.8 Å². The molecule has 116 valence electrons. The van der Waals surface area contributed by atoms with Crippen molar-refractivity contribution in [3.05, 3.63) is 41.3 Å². The summed E-state index contributed by atoms with van der Waals surface area (Å²) in [6.45, 7) is 0. The van der Waals surface area contributed by atoms with Crippen LogP contribution in [-0.4, -0.2) is 16.1 Å². The Hall–Kier alpha value is -2.31. The zero-order valence-electron chi connectivity index (χ0n) is 11.4. The molecule has 0 unspecified atom stereocenters. The van der Waals surface area contributed by atoms with Crippen molar-refractivity contribution in [3.8, 4) is 11.5 Å². The van der Waals surface area contributed by atoms with E-state index in [9.17, 15) is 18.0 Å². The van der Waals surface area contributed by atoms with E-state index in [0.717, 1.165) is 25.0 Å². The van der Waals surface area contributed by atoms with Gasteiger partial charge in [-0.2, -0.15) is 13.2 Å². The summed E-state index contributed by atoms with van der Waals surface area (Å²) in [7, 11) is 0. The van der Waals surface area contributed by atoms with Gasteiger partial charge < -0.3 is 9.52 Å². The molecular weight excluding hydrogens is 299 g/mol. The number of carboxylic acids is 1. The molecule has 22 heavy (non-hydrogen) atoms. The molecule has 0 atom stereocenters. The summed E-state index contributed by atoms with van der Waals surface area (Å²) in [5.41, 5.74) is -0.313. The van der Waals surface area contributed by atoms with Crippen molar-refractivity contribution in [3.63, 3.8) is 0 Å².